The largest absolute Gasteiger partial charge is 0.445 e. The molecule has 1 heterocycles. The Morgan fingerprint density at radius 2 is 2.00 bits per heavy atom. The topological polar surface area (TPSA) is 96.5 Å². The molecule has 0 aliphatic carbocycles. The van der Waals surface area contributed by atoms with Crippen LogP contribution in [0.3, 0.4) is 0 Å². The molecule has 1 fully saturated rings. The van der Waals surface area contributed by atoms with E-state index in [0.717, 1.165) is 18.4 Å². The third kappa shape index (κ3) is 5.98. The number of carbonyl (C=O) groups excluding carboxylic acids is 3. The van der Waals surface area contributed by atoms with Gasteiger partial charge in [0.05, 0.1) is 0 Å². The molecule has 3 N–H and O–H groups in total. The van der Waals surface area contributed by atoms with E-state index in [2.05, 4.69) is 16.0 Å². The summed E-state index contributed by atoms with van der Waals surface area (Å²) in [6.07, 6.45) is 1.71. The van der Waals surface area contributed by atoms with Crippen LogP contribution in [0.1, 0.15) is 24.8 Å². The number of hydrogen-bond acceptors (Lipinski definition) is 4. The van der Waals surface area contributed by atoms with Gasteiger partial charge in [-0.05, 0) is 24.8 Å². The van der Waals surface area contributed by atoms with Crippen molar-refractivity contribution in [3.8, 4) is 0 Å². The van der Waals surface area contributed by atoms with Gasteiger partial charge in [0.2, 0.25) is 11.8 Å². The first-order valence-electron chi connectivity index (χ1n) is 7.67. The first-order chi connectivity index (χ1) is 11.1. The van der Waals surface area contributed by atoms with Crippen LogP contribution in [0.4, 0.5) is 4.79 Å². The predicted molar refractivity (Wildman–Crippen MR) is 83.4 cm³/mol. The van der Waals surface area contributed by atoms with Gasteiger partial charge in [-0.15, -0.1) is 0 Å². The second-order valence-electron chi connectivity index (χ2n) is 5.32. The summed E-state index contributed by atoms with van der Waals surface area (Å²) < 4.78 is 5.00. The molecule has 0 radical (unpaired) electrons. The summed E-state index contributed by atoms with van der Waals surface area (Å²) in [6, 6.07) is 8.71. The Hall–Kier alpha value is -2.57. The van der Waals surface area contributed by atoms with Crippen LogP contribution in [0.25, 0.3) is 0 Å². The molecule has 2 rings (SSSR count). The standard InChI is InChI=1S/C16H21N3O4/c20-14(19-13-8-4-5-9-17-15(13)21)10-18-16(22)23-11-12-6-2-1-3-7-12/h1-3,6-7,13H,4-5,8-11H2,(H,17,21)(H,18,22)(H,19,20)/t13-/m0/s1. The summed E-state index contributed by atoms with van der Waals surface area (Å²) in [5, 5.41) is 7.72. The number of carbonyl (C=O) groups is 3. The van der Waals surface area contributed by atoms with Gasteiger partial charge < -0.3 is 20.7 Å². The third-order valence-electron chi connectivity index (χ3n) is 3.48. The van der Waals surface area contributed by atoms with Crippen LogP contribution in [-0.4, -0.2) is 37.0 Å². The molecular formula is C16H21N3O4. The first kappa shape index (κ1) is 16.8. The van der Waals surface area contributed by atoms with Crippen molar-refractivity contribution in [3.63, 3.8) is 0 Å². The fraction of sp³-hybridized carbons (Fsp3) is 0.438. The van der Waals surface area contributed by atoms with Gasteiger partial charge in [-0.3, -0.25) is 9.59 Å². The quantitative estimate of drug-likeness (QED) is 0.744. The Labute approximate surface area is 134 Å². The number of amides is 3. The lowest BCUT2D eigenvalue weighted by molar-refractivity contribution is -0.128. The second-order valence-corrected chi connectivity index (χ2v) is 5.32. The lowest BCUT2D eigenvalue weighted by Crippen LogP contribution is -2.48. The summed E-state index contributed by atoms with van der Waals surface area (Å²) >= 11 is 0. The van der Waals surface area contributed by atoms with Crippen molar-refractivity contribution in [2.75, 3.05) is 13.1 Å². The summed E-state index contributed by atoms with van der Waals surface area (Å²) in [5.74, 6) is -0.591. The lowest BCUT2D eigenvalue weighted by atomic mass is 10.1. The van der Waals surface area contributed by atoms with Gasteiger partial charge in [-0.25, -0.2) is 4.79 Å². The lowest BCUT2D eigenvalue weighted by Gasteiger charge is -2.15. The van der Waals surface area contributed by atoms with Gasteiger partial charge in [-0.1, -0.05) is 30.3 Å². The molecule has 1 aliphatic rings. The number of rotatable bonds is 5. The van der Waals surface area contributed by atoms with Crippen LogP contribution in [0.2, 0.25) is 0 Å². The molecule has 0 spiro atoms. The summed E-state index contributed by atoms with van der Waals surface area (Å²) in [7, 11) is 0. The van der Waals surface area contributed by atoms with Crippen LogP contribution in [0, 0.1) is 0 Å². The average Bonchev–Trinajstić information content (AvgIpc) is 2.77. The van der Waals surface area contributed by atoms with Gasteiger partial charge >= 0.3 is 6.09 Å². The molecule has 1 aliphatic heterocycles. The molecule has 7 heteroatoms. The van der Waals surface area contributed by atoms with Crippen LogP contribution in [0.5, 0.6) is 0 Å². The second kappa shape index (κ2) is 8.77. The Bertz CT molecular complexity index is 548. The highest BCUT2D eigenvalue weighted by Gasteiger charge is 2.22. The fourth-order valence-corrected chi connectivity index (χ4v) is 2.25. The van der Waals surface area contributed by atoms with Gasteiger partial charge in [0.25, 0.3) is 0 Å². The molecule has 23 heavy (non-hydrogen) atoms. The molecule has 1 aromatic rings. The molecule has 1 saturated heterocycles. The summed E-state index contributed by atoms with van der Waals surface area (Å²) in [6.45, 7) is 0.548. The Morgan fingerprint density at radius 3 is 2.78 bits per heavy atom. The highest BCUT2D eigenvalue weighted by Crippen LogP contribution is 2.05. The minimum absolute atomic E-state index is 0.138. The Balaban J connectivity index is 1.67. The third-order valence-corrected chi connectivity index (χ3v) is 3.48. The van der Waals surface area contributed by atoms with Crippen LogP contribution in [0.15, 0.2) is 30.3 Å². The van der Waals surface area contributed by atoms with Crippen molar-refractivity contribution >= 4 is 17.9 Å². The smallest absolute Gasteiger partial charge is 0.407 e. The summed E-state index contributed by atoms with van der Waals surface area (Å²) in [5.41, 5.74) is 0.863. The molecule has 0 aromatic heterocycles. The zero-order chi connectivity index (χ0) is 16.5. The number of ether oxygens (including phenoxy) is 1. The molecule has 7 nitrogen and oxygen atoms in total. The van der Waals surface area contributed by atoms with Crippen LogP contribution >= 0.6 is 0 Å². The van der Waals surface area contributed by atoms with Crippen molar-refractivity contribution in [2.45, 2.75) is 31.9 Å². The maximum absolute atomic E-state index is 11.8. The van der Waals surface area contributed by atoms with Crippen LogP contribution in [-0.2, 0) is 20.9 Å². The SMILES string of the molecule is O=C(CNC(=O)OCc1ccccc1)N[C@H]1CCCCNC1=O. The van der Waals surface area contributed by atoms with E-state index in [0.29, 0.717) is 13.0 Å². The van der Waals surface area contributed by atoms with Crippen LogP contribution < -0.4 is 16.0 Å². The number of nitrogens with one attached hydrogen (secondary N) is 3. The van der Waals surface area contributed by atoms with E-state index in [1.54, 1.807) is 0 Å². The zero-order valence-electron chi connectivity index (χ0n) is 12.8. The minimum atomic E-state index is -0.672. The predicted octanol–water partition coefficient (Wildman–Crippen LogP) is 0.698. The Morgan fingerprint density at radius 1 is 1.22 bits per heavy atom. The molecule has 0 saturated carbocycles. The van der Waals surface area contributed by atoms with E-state index >= 15 is 0 Å². The Kier molecular flexibility index (Phi) is 6.40. The van der Waals surface area contributed by atoms with Crippen molar-refractivity contribution < 1.29 is 19.1 Å². The molecule has 124 valence electrons. The molecule has 1 atom stereocenters. The monoisotopic (exact) mass is 319 g/mol. The normalized spacial score (nSPS) is 17.6. The molecule has 0 unspecified atom stereocenters. The van der Waals surface area contributed by atoms with Gasteiger partial charge in [0.1, 0.15) is 19.2 Å². The molecule has 1 aromatic carbocycles. The van der Waals surface area contributed by atoms with E-state index in [1.165, 1.54) is 0 Å². The maximum Gasteiger partial charge on any atom is 0.407 e. The molecule has 0 bridgehead atoms. The number of alkyl carbamates (subject to hydrolysis) is 1. The van der Waals surface area contributed by atoms with E-state index < -0.39 is 18.0 Å². The maximum atomic E-state index is 11.8. The van der Waals surface area contributed by atoms with E-state index in [4.69, 9.17) is 4.74 Å². The minimum Gasteiger partial charge on any atom is -0.445 e. The van der Waals surface area contributed by atoms with E-state index in [1.807, 2.05) is 30.3 Å². The van der Waals surface area contributed by atoms with Crippen molar-refractivity contribution in [2.24, 2.45) is 0 Å². The van der Waals surface area contributed by atoms with Gasteiger partial charge in [-0.2, -0.15) is 0 Å². The van der Waals surface area contributed by atoms with E-state index in [9.17, 15) is 14.4 Å². The fourth-order valence-electron chi connectivity index (χ4n) is 2.25. The number of hydrogen-bond donors (Lipinski definition) is 3. The highest BCUT2D eigenvalue weighted by atomic mass is 16.5. The molecular weight excluding hydrogens is 298 g/mol. The summed E-state index contributed by atoms with van der Waals surface area (Å²) in [4.78, 5) is 35.0. The van der Waals surface area contributed by atoms with Gasteiger partial charge in [0, 0.05) is 6.54 Å². The molecule has 3 amide bonds. The van der Waals surface area contributed by atoms with Gasteiger partial charge in [0.15, 0.2) is 0 Å². The highest BCUT2D eigenvalue weighted by molar-refractivity contribution is 5.89. The first-order valence-corrected chi connectivity index (χ1v) is 7.67. The average molecular weight is 319 g/mol. The van der Waals surface area contributed by atoms with Crippen molar-refractivity contribution in [1.82, 2.24) is 16.0 Å². The zero-order valence-corrected chi connectivity index (χ0v) is 12.8. The van der Waals surface area contributed by atoms with E-state index in [-0.39, 0.29) is 19.1 Å². The van der Waals surface area contributed by atoms with Crippen molar-refractivity contribution in [3.05, 3.63) is 35.9 Å². The number of benzene rings is 1. The van der Waals surface area contributed by atoms with Crippen molar-refractivity contribution in [1.29, 1.82) is 0 Å².